The fourth-order valence-corrected chi connectivity index (χ4v) is 2.72. The third-order valence-electron chi connectivity index (χ3n) is 4.21. The van der Waals surface area contributed by atoms with Crippen molar-refractivity contribution >= 4 is 5.78 Å². The molecule has 0 radical (unpaired) electrons. The summed E-state index contributed by atoms with van der Waals surface area (Å²) in [4.78, 5) is 12.3. The molecule has 1 aliphatic carbocycles. The molecule has 110 valence electrons. The number of benzene rings is 1. The minimum absolute atomic E-state index is 0.0192. The number of alkyl halides is 3. The van der Waals surface area contributed by atoms with Crippen LogP contribution in [0.25, 0.3) is 0 Å². The first-order valence-electron chi connectivity index (χ1n) is 6.90. The summed E-state index contributed by atoms with van der Waals surface area (Å²) in [6, 6.07) is 4.57. The van der Waals surface area contributed by atoms with Crippen LogP contribution in [0.4, 0.5) is 13.2 Å². The lowest BCUT2D eigenvalue weighted by molar-refractivity contribution is -0.137. The fraction of sp³-hybridized carbons (Fsp3) is 0.562. The van der Waals surface area contributed by atoms with Crippen molar-refractivity contribution in [2.45, 2.75) is 45.7 Å². The highest BCUT2D eigenvalue weighted by atomic mass is 19.4. The topological polar surface area (TPSA) is 17.1 Å². The Bertz CT molecular complexity index is 475. The van der Waals surface area contributed by atoms with Gasteiger partial charge in [-0.25, -0.2) is 0 Å². The molecule has 20 heavy (non-hydrogen) atoms. The standard InChI is InChI=1S/C16H19F3O/c1-15(2)9-7-12(8-10-15)14(20)11-3-5-13(6-4-11)16(17,18)19/h3-6,12H,7-10H2,1-2H3. The van der Waals surface area contributed by atoms with E-state index in [1.807, 2.05) is 0 Å². The molecule has 0 unspecified atom stereocenters. The molecule has 0 aliphatic heterocycles. The molecule has 0 atom stereocenters. The average molecular weight is 284 g/mol. The van der Waals surface area contributed by atoms with E-state index in [9.17, 15) is 18.0 Å². The highest BCUT2D eigenvalue weighted by Gasteiger charge is 2.32. The normalized spacial score (nSPS) is 19.9. The zero-order valence-corrected chi connectivity index (χ0v) is 11.8. The number of carbonyl (C=O) groups is 1. The molecular weight excluding hydrogens is 265 g/mol. The minimum atomic E-state index is -4.35. The SMILES string of the molecule is CC1(C)CCC(C(=O)c2ccc(C(F)(F)F)cc2)CC1. The second-order valence-electron chi connectivity index (χ2n) is 6.38. The van der Waals surface area contributed by atoms with Gasteiger partial charge in [-0.05, 0) is 43.2 Å². The minimum Gasteiger partial charge on any atom is -0.294 e. The number of rotatable bonds is 2. The molecule has 0 bridgehead atoms. The number of halogens is 3. The van der Waals surface area contributed by atoms with Gasteiger partial charge in [-0.15, -0.1) is 0 Å². The van der Waals surface area contributed by atoms with Crippen molar-refractivity contribution in [2.24, 2.45) is 11.3 Å². The van der Waals surface area contributed by atoms with E-state index >= 15 is 0 Å². The molecule has 1 fully saturated rings. The quantitative estimate of drug-likeness (QED) is 0.690. The molecule has 0 amide bonds. The van der Waals surface area contributed by atoms with E-state index < -0.39 is 11.7 Å². The van der Waals surface area contributed by atoms with Gasteiger partial charge in [0, 0.05) is 11.5 Å². The van der Waals surface area contributed by atoms with E-state index in [1.54, 1.807) is 0 Å². The molecule has 4 heteroatoms. The third kappa shape index (κ3) is 3.41. The van der Waals surface area contributed by atoms with E-state index in [4.69, 9.17) is 0 Å². The van der Waals surface area contributed by atoms with Crippen molar-refractivity contribution in [1.29, 1.82) is 0 Å². The maximum Gasteiger partial charge on any atom is 0.416 e. The van der Waals surface area contributed by atoms with Crippen LogP contribution in [0.1, 0.15) is 55.5 Å². The van der Waals surface area contributed by atoms with Crippen LogP contribution in [0.5, 0.6) is 0 Å². The van der Waals surface area contributed by atoms with Crippen LogP contribution in [0.15, 0.2) is 24.3 Å². The molecule has 1 aromatic carbocycles. The summed E-state index contributed by atoms with van der Waals surface area (Å²) in [5.41, 5.74) is -0.0433. The van der Waals surface area contributed by atoms with Crippen molar-refractivity contribution in [3.8, 4) is 0 Å². The Morgan fingerprint density at radius 3 is 2.05 bits per heavy atom. The summed E-state index contributed by atoms with van der Waals surface area (Å²) < 4.78 is 37.4. The summed E-state index contributed by atoms with van der Waals surface area (Å²) in [6.07, 6.45) is -0.718. The van der Waals surface area contributed by atoms with Crippen LogP contribution < -0.4 is 0 Å². The zero-order valence-electron chi connectivity index (χ0n) is 11.8. The van der Waals surface area contributed by atoms with E-state index in [-0.39, 0.29) is 17.1 Å². The Morgan fingerprint density at radius 2 is 1.60 bits per heavy atom. The van der Waals surface area contributed by atoms with Gasteiger partial charge in [0.15, 0.2) is 5.78 Å². The van der Waals surface area contributed by atoms with Gasteiger partial charge < -0.3 is 0 Å². The fourth-order valence-electron chi connectivity index (χ4n) is 2.72. The maximum atomic E-state index is 12.5. The number of ketones is 1. The van der Waals surface area contributed by atoms with Crippen molar-refractivity contribution in [3.05, 3.63) is 35.4 Å². The number of Topliss-reactive ketones (excluding diaryl/α,β-unsaturated/α-hetero) is 1. The second kappa shape index (κ2) is 5.23. The molecule has 2 rings (SSSR count). The number of hydrogen-bond donors (Lipinski definition) is 0. The molecular formula is C16H19F3O. The molecule has 1 nitrogen and oxygen atoms in total. The molecule has 1 saturated carbocycles. The smallest absolute Gasteiger partial charge is 0.294 e. The predicted octanol–water partition coefficient (Wildman–Crippen LogP) is 5.10. The summed E-state index contributed by atoms with van der Waals surface area (Å²) in [7, 11) is 0. The molecule has 0 aromatic heterocycles. The van der Waals surface area contributed by atoms with Gasteiger partial charge in [-0.2, -0.15) is 13.2 Å². The van der Waals surface area contributed by atoms with Crippen LogP contribution in [-0.4, -0.2) is 5.78 Å². The van der Waals surface area contributed by atoms with Gasteiger partial charge >= 0.3 is 6.18 Å². The van der Waals surface area contributed by atoms with Crippen molar-refractivity contribution < 1.29 is 18.0 Å². The Balaban J connectivity index is 2.07. The Labute approximate surface area is 117 Å². The van der Waals surface area contributed by atoms with E-state index in [0.29, 0.717) is 5.56 Å². The Morgan fingerprint density at radius 1 is 1.10 bits per heavy atom. The first-order valence-corrected chi connectivity index (χ1v) is 6.90. The highest BCUT2D eigenvalue weighted by molar-refractivity contribution is 5.97. The van der Waals surface area contributed by atoms with Gasteiger partial charge in [0.2, 0.25) is 0 Å². The molecule has 0 saturated heterocycles. The third-order valence-corrected chi connectivity index (χ3v) is 4.21. The van der Waals surface area contributed by atoms with Crippen LogP contribution in [-0.2, 0) is 6.18 Å². The Hall–Kier alpha value is -1.32. The molecule has 1 aromatic rings. The average Bonchev–Trinajstić information content (AvgIpc) is 2.37. The first-order chi connectivity index (χ1) is 9.19. The summed E-state index contributed by atoms with van der Waals surface area (Å²) in [6.45, 7) is 4.37. The van der Waals surface area contributed by atoms with Crippen LogP contribution in [0.2, 0.25) is 0 Å². The molecule has 0 spiro atoms. The van der Waals surface area contributed by atoms with Crippen molar-refractivity contribution in [2.75, 3.05) is 0 Å². The zero-order chi connectivity index (χ0) is 15.0. The Kier molecular flexibility index (Phi) is 3.94. The van der Waals surface area contributed by atoms with Gasteiger partial charge in [0.05, 0.1) is 5.56 Å². The van der Waals surface area contributed by atoms with Gasteiger partial charge in [0.25, 0.3) is 0 Å². The van der Waals surface area contributed by atoms with Crippen LogP contribution in [0.3, 0.4) is 0 Å². The predicted molar refractivity (Wildman–Crippen MR) is 71.5 cm³/mol. The van der Waals surface area contributed by atoms with Crippen LogP contribution in [0, 0.1) is 11.3 Å². The van der Waals surface area contributed by atoms with E-state index in [0.717, 1.165) is 37.8 Å². The summed E-state index contributed by atoms with van der Waals surface area (Å²) in [5.74, 6) is -0.0611. The lowest BCUT2D eigenvalue weighted by Gasteiger charge is -2.33. The number of hydrogen-bond acceptors (Lipinski definition) is 1. The maximum absolute atomic E-state index is 12.5. The molecule has 1 aliphatic rings. The molecule has 0 N–H and O–H groups in total. The van der Waals surface area contributed by atoms with Gasteiger partial charge in [-0.1, -0.05) is 26.0 Å². The lowest BCUT2D eigenvalue weighted by Crippen LogP contribution is -2.26. The summed E-state index contributed by atoms with van der Waals surface area (Å²) in [5, 5.41) is 0. The first kappa shape index (κ1) is 15.1. The second-order valence-corrected chi connectivity index (χ2v) is 6.38. The van der Waals surface area contributed by atoms with Gasteiger partial charge in [0.1, 0.15) is 0 Å². The van der Waals surface area contributed by atoms with Crippen molar-refractivity contribution in [3.63, 3.8) is 0 Å². The lowest BCUT2D eigenvalue weighted by atomic mass is 9.71. The summed E-state index contributed by atoms with van der Waals surface area (Å²) >= 11 is 0. The van der Waals surface area contributed by atoms with E-state index in [2.05, 4.69) is 13.8 Å². The largest absolute Gasteiger partial charge is 0.416 e. The monoisotopic (exact) mass is 284 g/mol. The molecule has 0 heterocycles. The number of carbonyl (C=O) groups excluding carboxylic acids is 1. The van der Waals surface area contributed by atoms with Gasteiger partial charge in [-0.3, -0.25) is 4.79 Å². The van der Waals surface area contributed by atoms with Crippen LogP contribution >= 0.6 is 0 Å². The van der Waals surface area contributed by atoms with E-state index in [1.165, 1.54) is 12.1 Å². The highest BCUT2D eigenvalue weighted by Crippen LogP contribution is 2.39. The van der Waals surface area contributed by atoms with Crippen molar-refractivity contribution in [1.82, 2.24) is 0 Å².